The van der Waals surface area contributed by atoms with Gasteiger partial charge in [-0.05, 0) is 17.7 Å². The summed E-state index contributed by atoms with van der Waals surface area (Å²) in [4.78, 5) is 27.1. The van der Waals surface area contributed by atoms with Crippen LogP contribution in [-0.2, 0) is 20.9 Å². The van der Waals surface area contributed by atoms with Gasteiger partial charge in [0.2, 0.25) is 12.7 Å². The van der Waals surface area contributed by atoms with Gasteiger partial charge in [0.25, 0.3) is 0 Å². The van der Waals surface area contributed by atoms with Crippen LogP contribution in [0.25, 0.3) is 0 Å². The molecular weight excluding hydrogens is 300 g/mol. The third kappa shape index (κ3) is 3.73. The molecule has 1 amide bonds. The van der Waals surface area contributed by atoms with Crippen LogP contribution in [0.4, 0.5) is 0 Å². The lowest BCUT2D eigenvalue weighted by molar-refractivity contribution is -0.147. The fourth-order valence-corrected chi connectivity index (χ4v) is 2.76. The van der Waals surface area contributed by atoms with Crippen LogP contribution in [0.3, 0.4) is 0 Å². The average Bonchev–Trinajstić information content (AvgIpc) is 3.03. The molecule has 0 aromatic heterocycles. The third-order valence-electron chi connectivity index (χ3n) is 4.09. The lowest BCUT2D eigenvalue weighted by Crippen LogP contribution is -2.48. The number of carbonyl (C=O) groups is 2. The summed E-state index contributed by atoms with van der Waals surface area (Å²) in [6.45, 7) is 3.89. The molecule has 7 nitrogen and oxygen atoms in total. The summed E-state index contributed by atoms with van der Waals surface area (Å²) in [5.74, 6) is 0.915. The summed E-state index contributed by atoms with van der Waals surface area (Å²) < 4.78 is 15.2. The molecule has 0 aliphatic carbocycles. The van der Waals surface area contributed by atoms with Crippen LogP contribution in [0.2, 0.25) is 0 Å². The molecule has 0 saturated carbocycles. The molecule has 1 aromatic rings. The van der Waals surface area contributed by atoms with Crippen molar-refractivity contribution in [2.45, 2.75) is 13.0 Å². The molecule has 1 fully saturated rings. The second-order valence-corrected chi connectivity index (χ2v) is 5.60. The molecule has 1 aromatic carbocycles. The summed E-state index contributed by atoms with van der Waals surface area (Å²) in [5.41, 5.74) is 1.16. The maximum absolute atomic E-state index is 11.9. The van der Waals surface area contributed by atoms with Crippen molar-refractivity contribution >= 4 is 11.9 Å². The Bertz CT molecular complexity index is 596. The number of benzene rings is 1. The van der Waals surface area contributed by atoms with Crippen molar-refractivity contribution in [3.8, 4) is 11.5 Å². The van der Waals surface area contributed by atoms with Crippen molar-refractivity contribution in [2.75, 3.05) is 40.1 Å². The molecule has 2 aliphatic heterocycles. The van der Waals surface area contributed by atoms with Crippen LogP contribution in [-0.4, -0.2) is 61.8 Å². The standard InChI is InChI=1S/C16H20N2O5/c1-21-16(20)9-15(19)18-6-4-17(5-7-18)10-12-2-3-13-14(8-12)23-11-22-13/h2-3,8H,4-7,9-11H2,1H3. The van der Waals surface area contributed by atoms with Crippen molar-refractivity contribution in [1.82, 2.24) is 9.80 Å². The second-order valence-electron chi connectivity index (χ2n) is 5.60. The van der Waals surface area contributed by atoms with Crippen LogP contribution >= 0.6 is 0 Å². The van der Waals surface area contributed by atoms with Gasteiger partial charge in [0.1, 0.15) is 6.42 Å². The monoisotopic (exact) mass is 320 g/mol. The van der Waals surface area contributed by atoms with Crippen LogP contribution in [0.1, 0.15) is 12.0 Å². The molecule has 0 radical (unpaired) electrons. The number of rotatable bonds is 4. The zero-order valence-electron chi connectivity index (χ0n) is 13.1. The largest absolute Gasteiger partial charge is 0.469 e. The highest BCUT2D eigenvalue weighted by Gasteiger charge is 2.23. The van der Waals surface area contributed by atoms with Crippen molar-refractivity contribution in [3.63, 3.8) is 0 Å². The SMILES string of the molecule is COC(=O)CC(=O)N1CCN(Cc2ccc3c(c2)OCO3)CC1. The van der Waals surface area contributed by atoms with Crippen LogP contribution in [0.15, 0.2) is 18.2 Å². The fourth-order valence-electron chi connectivity index (χ4n) is 2.76. The number of nitrogens with zero attached hydrogens (tertiary/aromatic N) is 2. The maximum atomic E-state index is 11.9. The molecule has 0 N–H and O–H groups in total. The quantitative estimate of drug-likeness (QED) is 0.598. The zero-order valence-corrected chi connectivity index (χ0v) is 13.1. The van der Waals surface area contributed by atoms with Gasteiger partial charge >= 0.3 is 5.97 Å². The first-order valence-electron chi connectivity index (χ1n) is 7.61. The van der Waals surface area contributed by atoms with Crippen molar-refractivity contribution in [3.05, 3.63) is 23.8 Å². The van der Waals surface area contributed by atoms with Crippen molar-refractivity contribution in [1.29, 1.82) is 0 Å². The molecule has 124 valence electrons. The van der Waals surface area contributed by atoms with Gasteiger partial charge in [-0.3, -0.25) is 14.5 Å². The van der Waals surface area contributed by atoms with E-state index in [4.69, 9.17) is 9.47 Å². The Hall–Kier alpha value is -2.28. The summed E-state index contributed by atoms with van der Waals surface area (Å²) in [6, 6.07) is 5.95. The number of methoxy groups -OCH3 is 1. The first-order chi connectivity index (χ1) is 11.2. The predicted octanol–water partition coefficient (Wildman–Crippen LogP) is 0.623. The first-order valence-corrected chi connectivity index (χ1v) is 7.61. The molecule has 0 spiro atoms. The minimum absolute atomic E-state index is 0.167. The fraction of sp³-hybridized carbons (Fsp3) is 0.500. The van der Waals surface area contributed by atoms with E-state index in [0.29, 0.717) is 13.1 Å². The summed E-state index contributed by atoms with van der Waals surface area (Å²) >= 11 is 0. The van der Waals surface area contributed by atoms with Gasteiger partial charge in [0.05, 0.1) is 7.11 Å². The topological polar surface area (TPSA) is 68.3 Å². The Morgan fingerprint density at radius 3 is 2.61 bits per heavy atom. The van der Waals surface area contributed by atoms with Gasteiger partial charge < -0.3 is 19.1 Å². The van der Waals surface area contributed by atoms with Gasteiger partial charge in [-0.25, -0.2) is 0 Å². The number of carbonyl (C=O) groups excluding carboxylic acids is 2. The zero-order chi connectivity index (χ0) is 16.2. The lowest BCUT2D eigenvalue weighted by atomic mass is 10.1. The molecule has 0 unspecified atom stereocenters. The Labute approximate surface area is 134 Å². The van der Waals surface area contributed by atoms with Gasteiger partial charge in [-0.15, -0.1) is 0 Å². The molecule has 23 heavy (non-hydrogen) atoms. The van der Waals surface area contributed by atoms with Gasteiger partial charge in [0, 0.05) is 32.7 Å². The smallest absolute Gasteiger partial charge is 0.315 e. The van der Waals surface area contributed by atoms with E-state index in [1.807, 2.05) is 18.2 Å². The van der Waals surface area contributed by atoms with Gasteiger partial charge in [0.15, 0.2) is 11.5 Å². The van der Waals surface area contributed by atoms with Crippen LogP contribution < -0.4 is 9.47 Å². The van der Waals surface area contributed by atoms with Crippen LogP contribution in [0.5, 0.6) is 11.5 Å². The van der Waals surface area contributed by atoms with Gasteiger partial charge in [-0.2, -0.15) is 0 Å². The van der Waals surface area contributed by atoms with Crippen molar-refractivity contribution < 1.29 is 23.8 Å². The summed E-state index contributed by atoms with van der Waals surface area (Å²) in [5, 5.41) is 0. The van der Waals surface area contributed by atoms with E-state index in [-0.39, 0.29) is 19.1 Å². The van der Waals surface area contributed by atoms with E-state index in [0.717, 1.165) is 36.7 Å². The minimum Gasteiger partial charge on any atom is -0.469 e. The molecule has 2 heterocycles. The number of amides is 1. The van der Waals surface area contributed by atoms with Crippen LogP contribution in [0, 0.1) is 0 Å². The van der Waals surface area contributed by atoms with E-state index < -0.39 is 5.97 Å². The Morgan fingerprint density at radius 2 is 1.87 bits per heavy atom. The highest BCUT2D eigenvalue weighted by atomic mass is 16.7. The molecule has 2 aliphatic rings. The Kier molecular flexibility index (Phi) is 4.66. The highest BCUT2D eigenvalue weighted by molar-refractivity contribution is 5.94. The summed E-state index contributed by atoms with van der Waals surface area (Å²) in [6.07, 6.45) is -0.182. The molecular formula is C16H20N2O5. The number of ether oxygens (including phenoxy) is 3. The normalized spacial score (nSPS) is 17.2. The first kappa shape index (κ1) is 15.6. The average molecular weight is 320 g/mol. The number of esters is 1. The molecule has 1 saturated heterocycles. The predicted molar refractivity (Wildman–Crippen MR) is 81.1 cm³/mol. The molecule has 7 heteroatoms. The Morgan fingerprint density at radius 1 is 1.13 bits per heavy atom. The number of fused-ring (bicyclic) bond motifs is 1. The molecule has 0 bridgehead atoms. The summed E-state index contributed by atoms with van der Waals surface area (Å²) in [7, 11) is 1.29. The van der Waals surface area contributed by atoms with E-state index in [1.54, 1.807) is 4.90 Å². The van der Waals surface area contributed by atoms with E-state index in [2.05, 4.69) is 9.64 Å². The number of hydrogen-bond donors (Lipinski definition) is 0. The Balaban J connectivity index is 1.49. The minimum atomic E-state index is -0.488. The molecule has 3 rings (SSSR count). The molecule has 0 atom stereocenters. The van der Waals surface area contributed by atoms with E-state index in [1.165, 1.54) is 7.11 Å². The second kappa shape index (κ2) is 6.87. The van der Waals surface area contributed by atoms with Crippen molar-refractivity contribution in [2.24, 2.45) is 0 Å². The van der Waals surface area contributed by atoms with Gasteiger partial charge in [-0.1, -0.05) is 6.07 Å². The van der Waals surface area contributed by atoms with E-state index in [9.17, 15) is 9.59 Å². The highest BCUT2D eigenvalue weighted by Crippen LogP contribution is 2.32. The number of hydrogen-bond acceptors (Lipinski definition) is 6. The lowest BCUT2D eigenvalue weighted by Gasteiger charge is -2.34. The number of piperazine rings is 1. The third-order valence-corrected chi connectivity index (χ3v) is 4.09. The van der Waals surface area contributed by atoms with E-state index >= 15 is 0 Å². The maximum Gasteiger partial charge on any atom is 0.315 e.